The van der Waals surface area contributed by atoms with Gasteiger partial charge in [-0.15, -0.1) is 11.8 Å². The number of thioether (sulfide) groups is 1. The first-order valence-corrected chi connectivity index (χ1v) is 14.9. The molecule has 3 fully saturated rings. The van der Waals surface area contributed by atoms with Gasteiger partial charge in [0.15, 0.2) is 0 Å². The number of carbonyl (C=O) groups excluding carboxylic acids is 1. The summed E-state index contributed by atoms with van der Waals surface area (Å²) in [6, 6.07) is -1.03. The smallest absolute Gasteiger partial charge is 0.240 e. The molecule has 9 heteroatoms. The largest absolute Gasteiger partial charge is 0.388 e. The van der Waals surface area contributed by atoms with Crippen molar-refractivity contribution in [2.45, 2.75) is 107 Å². The number of nitrogens with one attached hydrogen (secondary N) is 2. The van der Waals surface area contributed by atoms with Gasteiger partial charge in [0.1, 0.15) is 35.9 Å². The zero-order chi connectivity index (χ0) is 25.8. The van der Waals surface area contributed by atoms with E-state index >= 15 is 0 Å². The lowest BCUT2D eigenvalue weighted by Crippen LogP contribution is -2.65. The van der Waals surface area contributed by atoms with E-state index < -0.39 is 41.9 Å². The highest BCUT2D eigenvalue weighted by Gasteiger charge is 2.49. The van der Waals surface area contributed by atoms with Crippen LogP contribution in [-0.2, 0) is 14.3 Å². The van der Waals surface area contributed by atoms with Crippen LogP contribution in [0.3, 0.4) is 0 Å². The van der Waals surface area contributed by atoms with E-state index in [1.165, 1.54) is 18.2 Å². The minimum Gasteiger partial charge on any atom is -0.388 e. The van der Waals surface area contributed by atoms with Gasteiger partial charge in [0.25, 0.3) is 0 Å². The number of carbonyl (C=O) groups is 1. The second kappa shape index (κ2) is 12.9. The molecule has 8 nitrogen and oxygen atoms in total. The van der Waals surface area contributed by atoms with Gasteiger partial charge in [0, 0.05) is 13.2 Å². The van der Waals surface area contributed by atoms with Crippen LogP contribution in [0.1, 0.15) is 59.3 Å². The molecule has 0 aliphatic carbocycles. The summed E-state index contributed by atoms with van der Waals surface area (Å²) >= 11 is 1.46. The fraction of sp³-hybridized carbons (Fsp3) is 0.889. The Morgan fingerprint density at radius 3 is 2.75 bits per heavy atom. The topological polar surface area (TPSA) is 120 Å². The Balaban J connectivity index is 1.50. The Morgan fingerprint density at radius 1 is 1.17 bits per heavy atom. The third-order valence-electron chi connectivity index (χ3n) is 8.28. The van der Waals surface area contributed by atoms with Crippen LogP contribution in [0.5, 0.6) is 0 Å². The molecule has 4 aliphatic heterocycles. The maximum atomic E-state index is 13.6. The number of allylic oxidation sites excluding steroid dienone is 1. The maximum Gasteiger partial charge on any atom is 0.240 e. The molecule has 0 radical (unpaired) electrons. The summed E-state index contributed by atoms with van der Waals surface area (Å²) in [5, 5.41) is 38.6. The van der Waals surface area contributed by atoms with Gasteiger partial charge in [-0.05, 0) is 67.9 Å². The van der Waals surface area contributed by atoms with Crippen LogP contribution >= 0.6 is 11.8 Å². The van der Waals surface area contributed by atoms with Gasteiger partial charge in [-0.2, -0.15) is 0 Å². The summed E-state index contributed by atoms with van der Waals surface area (Å²) in [5.41, 5.74) is -0.652. The number of hydrogen-bond acceptors (Lipinski definition) is 8. The third kappa shape index (κ3) is 6.65. The first-order chi connectivity index (χ1) is 17.3. The lowest BCUT2D eigenvalue weighted by molar-refractivity contribution is -0.207. The van der Waals surface area contributed by atoms with Crippen LogP contribution in [0, 0.1) is 23.7 Å². The predicted molar refractivity (Wildman–Crippen MR) is 140 cm³/mol. The lowest BCUT2D eigenvalue weighted by Gasteiger charge is -2.45. The maximum absolute atomic E-state index is 13.6. The van der Waals surface area contributed by atoms with Crippen molar-refractivity contribution < 1.29 is 29.6 Å². The number of hydrogen-bond donors (Lipinski definition) is 5. The Labute approximate surface area is 220 Å². The zero-order valence-electron chi connectivity index (χ0n) is 21.9. The SMILES string of the molecule is CC(C)C[C@@H]1CCO[C@@H]2[C@H](CN[C@@H]2C(=O)N[C@H]2[C@H]3O[C@H](SCCCC/C=C/[C@H]2C)[C@H](O)[C@@H](O)[C@H]3O)C1. The lowest BCUT2D eigenvalue weighted by atomic mass is 9.85. The Hall–Kier alpha value is -0.680. The summed E-state index contributed by atoms with van der Waals surface area (Å²) in [4.78, 5) is 13.6. The Kier molecular flexibility index (Phi) is 10.2. The van der Waals surface area contributed by atoms with Gasteiger partial charge in [-0.3, -0.25) is 4.79 Å². The van der Waals surface area contributed by atoms with Crippen LogP contribution in [0.4, 0.5) is 0 Å². The molecule has 0 aromatic heterocycles. The molecule has 0 spiro atoms. The standard InChI is InChI=1S/C27H46N2O6S/c1-15(2)12-17-9-10-34-24-18(13-17)14-28-20(24)26(33)29-19-16(3)8-6-4-5-7-11-36-27-23(32)21(30)22(31)25(19)35-27/h6,8,15-25,27-28,30-32H,4-5,7,9-14H2,1-3H3,(H,29,33)/b8-6+/t16-,17+,18+,19-,20+,21+,22-,23-,24-,25-,27-/m1/s1. The average Bonchev–Trinajstić information content (AvgIpc) is 3.12. The summed E-state index contributed by atoms with van der Waals surface area (Å²) in [6.07, 6.45) is 5.57. The van der Waals surface area contributed by atoms with Gasteiger partial charge in [0.05, 0.1) is 12.1 Å². The van der Waals surface area contributed by atoms with Crippen molar-refractivity contribution in [2.75, 3.05) is 18.9 Å². The quantitative estimate of drug-likeness (QED) is 0.352. The van der Waals surface area contributed by atoms with E-state index in [0.29, 0.717) is 24.4 Å². The Bertz CT molecular complexity index is 754. The van der Waals surface area contributed by atoms with Crippen molar-refractivity contribution in [3.05, 3.63) is 12.2 Å². The summed E-state index contributed by atoms with van der Waals surface area (Å²) < 4.78 is 12.4. The van der Waals surface area contributed by atoms with Gasteiger partial charge in [0.2, 0.25) is 5.91 Å². The molecule has 4 heterocycles. The van der Waals surface area contributed by atoms with Crippen molar-refractivity contribution in [2.24, 2.45) is 23.7 Å². The first kappa shape index (κ1) is 28.3. The van der Waals surface area contributed by atoms with Crippen LogP contribution in [0.2, 0.25) is 0 Å². The molecule has 0 aromatic carbocycles. The van der Waals surface area contributed by atoms with E-state index in [1.54, 1.807) is 0 Å². The highest BCUT2D eigenvalue weighted by molar-refractivity contribution is 7.99. The average molecular weight is 527 g/mol. The second-order valence-corrected chi connectivity index (χ2v) is 12.8. The van der Waals surface area contributed by atoms with E-state index in [1.807, 2.05) is 6.92 Å². The van der Waals surface area contributed by atoms with E-state index in [0.717, 1.165) is 44.4 Å². The van der Waals surface area contributed by atoms with Crippen molar-refractivity contribution in [3.63, 3.8) is 0 Å². The zero-order valence-corrected chi connectivity index (χ0v) is 22.7. The molecule has 4 rings (SSSR count). The molecule has 36 heavy (non-hydrogen) atoms. The Morgan fingerprint density at radius 2 is 1.97 bits per heavy atom. The number of amides is 1. The molecule has 11 atom stereocenters. The highest BCUT2D eigenvalue weighted by atomic mass is 32.2. The van der Waals surface area contributed by atoms with Crippen LogP contribution in [0.15, 0.2) is 12.2 Å². The van der Waals surface area contributed by atoms with Crippen LogP contribution in [-0.4, -0.2) is 88.2 Å². The monoisotopic (exact) mass is 526 g/mol. The molecule has 5 N–H and O–H groups in total. The molecule has 0 saturated carbocycles. The van der Waals surface area contributed by atoms with E-state index in [2.05, 4.69) is 36.6 Å². The highest BCUT2D eigenvalue weighted by Crippen LogP contribution is 2.35. The van der Waals surface area contributed by atoms with Crippen molar-refractivity contribution in [1.82, 2.24) is 10.6 Å². The number of aliphatic hydroxyl groups is 3. The van der Waals surface area contributed by atoms with Crippen molar-refractivity contribution in [1.29, 1.82) is 0 Å². The number of fused-ring (bicyclic) bond motifs is 3. The number of ether oxygens (including phenoxy) is 2. The molecule has 206 valence electrons. The molecule has 2 bridgehead atoms. The van der Waals surface area contributed by atoms with Crippen LogP contribution < -0.4 is 10.6 Å². The second-order valence-electron chi connectivity index (χ2n) is 11.6. The first-order valence-electron chi connectivity index (χ1n) is 13.9. The van der Waals surface area contributed by atoms with Crippen LogP contribution in [0.25, 0.3) is 0 Å². The fourth-order valence-electron chi connectivity index (χ4n) is 6.34. The van der Waals surface area contributed by atoms with Gasteiger partial charge in [-0.1, -0.05) is 32.9 Å². The van der Waals surface area contributed by atoms with Gasteiger partial charge < -0.3 is 35.4 Å². The third-order valence-corrected chi connectivity index (χ3v) is 9.52. The molecule has 4 aliphatic rings. The molecular formula is C27H46N2O6S. The van der Waals surface area contributed by atoms with Crippen molar-refractivity contribution in [3.8, 4) is 0 Å². The number of rotatable bonds is 4. The predicted octanol–water partition coefficient (Wildman–Crippen LogP) is 1.82. The summed E-state index contributed by atoms with van der Waals surface area (Å²) in [7, 11) is 0. The summed E-state index contributed by atoms with van der Waals surface area (Å²) in [6.45, 7) is 7.92. The van der Waals surface area contributed by atoms with Crippen molar-refractivity contribution >= 4 is 17.7 Å². The fourth-order valence-corrected chi connectivity index (χ4v) is 7.51. The van der Waals surface area contributed by atoms with E-state index in [-0.39, 0.29) is 17.9 Å². The molecule has 1 amide bonds. The summed E-state index contributed by atoms with van der Waals surface area (Å²) in [5.74, 6) is 2.06. The molecular weight excluding hydrogens is 480 g/mol. The molecule has 3 saturated heterocycles. The minimum atomic E-state index is -1.34. The normalized spacial score (nSPS) is 45.1. The molecule has 0 aromatic rings. The number of aliphatic hydroxyl groups excluding tert-OH is 3. The minimum absolute atomic E-state index is 0.135. The van der Waals surface area contributed by atoms with Gasteiger partial charge >= 0.3 is 0 Å². The molecule has 0 unspecified atom stereocenters. The van der Waals surface area contributed by atoms with Gasteiger partial charge in [-0.25, -0.2) is 0 Å². The van der Waals surface area contributed by atoms with E-state index in [4.69, 9.17) is 9.47 Å². The van der Waals surface area contributed by atoms with E-state index in [9.17, 15) is 20.1 Å².